The highest BCUT2D eigenvalue weighted by Crippen LogP contribution is 2.34. The van der Waals surface area contributed by atoms with E-state index in [1.807, 2.05) is 0 Å². The van der Waals surface area contributed by atoms with E-state index >= 15 is 0 Å². The fraction of sp³-hybridized carbons (Fsp3) is 0. The molecule has 9 heteroatoms. The zero-order chi connectivity index (χ0) is 19.9. The van der Waals surface area contributed by atoms with Crippen LogP contribution in [0.3, 0.4) is 0 Å². The van der Waals surface area contributed by atoms with Crippen molar-refractivity contribution < 1.29 is 42.1 Å². The maximum absolute atomic E-state index is 14.0. The lowest BCUT2D eigenvalue weighted by Crippen LogP contribution is -2.19. The first-order valence-electron chi connectivity index (χ1n) is 7.26. The molecule has 0 unspecified atom stereocenters. The Balaban J connectivity index is 2.13. The molecule has 0 aromatic heterocycles. The van der Waals surface area contributed by atoms with Crippen LogP contribution in [-0.2, 0) is 0 Å². The summed E-state index contributed by atoms with van der Waals surface area (Å²) in [4.78, 5) is 22.9. The van der Waals surface area contributed by atoms with Crippen molar-refractivity contribution in [3.05, 3.63) is 70.8 Å². The summed E-state index contributed by atoms with van der Waals surface area (Å²) in [5.74, 6) is -13.6. The molecule has 0 atom stereocenters. The van der Waals surface area contributed by atoms with Crippen molar-refractivity contribution in [3.63, 3.8) is 0 Å². The summed E-state index contributed by atoms with van der Waals surface area (Å²) in [7, 11) is 0. The van der Waals surface area contributed by atoms with Crippen LogP contribution in [0.1, 0.15) is 20.7 Å². The number of fused-ring (bicyclic) bond motifs is 1. The van der Waals surface area contributed by atoms with Crippen LogP contribution in [-0.4, -0.2) is 22.2 Å². The standard InChI is InChI=1S/C18H8F4O5/c19-13-11(17(24)25)14(20)16(22)12(15(13)21)18(26)27-9-6-2-4-7-3-1-5-8(23)10(7)9/h1-6,23H,(H,24,25). The number of carbonyl (C=O) groups excluding carboxylic acids is 1. The molecule has 0 aliphatic rings. The van der Waals surface area contributed by atoms with Gasteiger partial charge < -0.3 is 14.9 Å². The Hall–Kier alpha value is -3.62. The molecule has 27 heavy (non-hydrogen) atoms. The summed E-state index contributed by atoms with van der Waals surface area (Å²) in [6, 6.07) is 8.46. The maximum atomic E-state index is 14.0. The lowest BCUT2D eigenvalue weighted by atomic mass is 10.1. The summed E-state index contributed by atoms with van der Waals surface area (Å²) in [6.07, 6.45) is 0. The minimum absolute atomic E-state index is 0.0252. The first-order valence-corrected chi connectivity index (χ1v) is 7.26. The predicted molar refractivity (Wildman–Crippen MR) is 83.8 cm³/mol. The summed E-state index contributed by atoms with van der Waals surface area (Å²) < 4.78 is 60.4. The molecule has 5 nitrogen and oxygen atoms in total. The Labute approximate surface area is 148 Å². The quantitative estimate of drug-likeness (QED) is 0.310. The Morgan fingerprint density at radius 1 is 0.815 bits per heavy atom. The smallest absolute Gasteiger partial charge is 0.349 e. The van der Waals surface area contributed by atoms with Gasteiger partial charge in [0.15, 0.2) is 23.3 Å². The second kappa shape index (κ2) is 6.60. The van der Waals surface area contributed by atoms with Gasteiger partial charge in [-0.2, -0.15) is 0 Å². The lowest BCUT2D eigenvalue weighted by Gasteiger charge is -2.11. The average molecular weight is 380 g/mol. The highest BCUT2D eigenvalue weighted by atomic mass is 19.2. The highest BCUT2D eigenvalue weighted by molar-refractivity contribution is 5.99. The number of carboxylic acid groups (broad SMARTS) is 1. The van der Waals surface area contributed by atoms with Crippen molar-refractivity contribution in [2.75, 3.05) is 0 Å². The second-order valence-electron chi connectivity index (χ2n) is 5.33. The van der Waals surface area contributed by atoms with E-state index in [9.17, 15) is 32.3 Å². The number of phenols is 1. The fourth-order valence-electron chi connectivity index (χ4n) is 2.52. The molecule has 0 aliphatic heterocycles. The van der Waals surface area contributed by atoms with E-state index in [2.05, 4.69) is 0 Å². The van der Waals surface area contributed by atoms with Crippen LogP contribution in [0.25, 0.3) is 10.8 Å². The van der Waals surface area contributed by atoms with Gasteiger partial charge in [-0.25, -0.2) is 27.2 Å². The molecule has 0 bridgehead atoms. The molecular weight excluding hydrogens is 372 g/mol. The Morgan fingerprint density at radius 3 is 1.89 bits per heavy atom. The topological polar surface area (TPSA) is 83.8 Å². The first kappa shape index (κ1) is 18.2. The fourth-order valence-corrected chi connectivity index (χ4v) is 2.52. The maximum Gasteiger partial charge on any atom is 0.349 e. The van der Waals surface area contributed by atoms with Crippen molar-refractivity contribution in [1.82, 2.24) is 0 Å². The number of aromatic hydroxyl groups is 1. The zero-order valence-electron chi connectivity index (χ0n) is 13.1. The number of carboxylic acids is 1. The SMILES string of the molecule is O=C(O)c1c(F)c(F)c(C(=O)Oc2cccc3cccc(O)c23)c(F)c1F. The largest absolute Gasteiger partial charge is 0.507 e. The van der Waals surface area contributed by atoms with Crippen LogP contribution in [0, 0.1) is 23.3 Å². The van der Waals surface area contributed by atoms with Crippen molar-refractivity contribution in [2.45, 2.75) is 0 Å². The monoisotopic (exact) mass is 380 g/mol. The third kappa shape index (κ3) is 2.92. The molecule has 0 aliphatic carbocycles. The number of carbonyl (C=O) groups is 2. The van der Waals surface area contributed by atoms with E-state index in [1.165, 1.54) is 24.3 Å². The number of hydrogen-bond donors (Lipinski definition) is 2. The Kier molecular flexibility index (Phi) is 4.44. The van der Waals surface area contributed by atoms with Crippen LogP contribution in [0.2, 0.25) is 0 Å². The number of esters is 1. The van der Waals surface area contributed by atoms with Crippen LogP contribution >= 0.6 is 0 Å². The van der Waals surface area contributed by atoms with Gasteiger partial charge >= 0.3 is 11.9 Å². The van der Waals surface area contributed by atoms with Crippen LogP contribution in [0.4, 0.5) is 17.6 Å². The molecule has 0 spiro atoms. The molecule has 0 saturated carbocycles. The normalized spacial score (nSPS) is 10.8. The minimum Gasteiger partial charge on any atom is -0.507 e. The van der Waals surface area contributed by atoms with Crippen LogP contribution in [0.15, 0.2) is 36.4 Å². The van der Waals surface area contributed by atoms with Gasteiger partial charge in [0.25, 0.3) is 0 Å². The van der Waals surface area contributed by atoms with E-state index in [-0.39, 0.29) is 16.9 Å². The Bertz CT molecular complexity index is 1080. The van der Waals surface area contributed by atoms with Crippen molar-refractivity contribution >= 4 is 22.7 Å². The molecular formula is C18H8F4O5. The second-order valence-corrected chi connectivity index (χ2v) is 5.33. The van der Waals surface area contributed by atoms with Crippen LogP contribution < -0.4 is 4.74 Å². The van der Waals surface area contributed by atoms with Gasteiger partial charge in [-0.05, 0) is 17.5 Å². The molecule has 3 aromatic rings. The summed E-state index contributed by atoms with van der Waals surface area (Å²) >= 11 is 0. The molecule has 0 radical (unpaired) electrons. The summed E-state index contributed by atoms with van der Waals surface area (Å²) in [5, 5.41) is 19.0. The van der Waals surface area contributed by atoms with Gasteiger partial charge in [0.05, 0.1) is 5.39 Å². The molecule has 0 heterocycles. The molecule has 3 aromatic carbocycles. The van der Waals surface area contributed by atoms with Gasteiger partial charge in [-0.1, -0.05) is 24.3 Å². The molecule has 0 saturated heterocycles. The van der Waals surface area contributed by atoms with Gasteiger partial charge in [-0.15, -0.1) is 0 Å². The molecule has 0 amide bonds. The number of aromatic carboxylic acids is 1. The average Bonchev–Trinajstić information content (AvgIpc) is 2.60. The third-order valence-corrected chi connectivity index (χ3v) is 3.73. The van der Waals surface area contributed by atoms with Crippen molar-refractivity contribution in [2.24, 2.45) is 0 Å². The molecule has 2 N–H and O–H groups in total. The third-order valence-electron chi connectivity index (χ3n) is 3.73. The van der Waals surface area contributed by atoms with E-state index < -0.39 is 46.3 Å². The van der Waals surface area contributed by atoms with Gasteiger partial charge in [0.2, 0.25) is 0 Å². The Morgan fingerprint density at radius 2 is 1.33 bits per heavy atom. The first-order chi connectivity index (χ1) is 12.7. The van der Waals surface area contributed by atoms with Crippen LogP contribution in [0.5, 0.6) is 11.5 Å². The lowest BCUT2D eigenvalue weighted by molar-refractivity contribution is 0.0672. The summed E-state index contributed by atoms with van der Waals surface area (Å²) in [5.41, 5.74) is -3.60. The number of benzene rings is 3. The highest BCUT2D eigenvalue weighted by Gasteiger charge is 2.33. The van der Waals surface area contributed by atoms with Gasteiger partial charge in [-0.3, -0.25) is 0 Å². The number of rotatable bonds is 3. The van der Waals surface area contributed by atoms with E-state index in [4.69, 9.17) is 9.84 Å². The minimum atomic E-state index is -2.25. The number of ether oxygens (including phenoxy) is 1. The molecule has 3 rings (SSSR count). The van der Waals surface area contributed by atoms with E-state index in [1.54, 1.807) is 12.1 Å². The number of hydrogen-bond acceptors (Lipinski definition) is 4. The predicted octanol–water partition coefficient (Wildman–Crippen LogP) is 4.02. The number of halogens is 4. The van der Waals surface area contributed by atoms with E-state index in [0.717, 1.165) is 0 Å². The van der Waals surface area contributed by atoms with Crippen molar-refractivity contribution in [3.8, 4) is 11.5 Å². The van der Waals surface area contributed by atoms with Gasteiger partial charge in [0.1, 0.15) is 22.6 Å². The van der Waals surface area contributed by atoms with Gasteiger partial charge in [0, 0.05) is 0 Å². The van der Waals surface area contributed by atoms with Crippen molar-refractivity contribution in [1.29, 1.82) is 0 Å². The summed E-state index contributed by atoms with van der Waals surface area (Å²) in [6.45, 7) is 0. The zero-order valence-corrected chi connectivity index (χ0v) is 13.1. The van der Waals surface area contributed by atoms with E-state index in [0.29, 0.717) is 5.39 Å². The molecule has 138 valence electrons. The number of phenolic OH excluding ortho intramolecular Hbond substituents is 1. The molecule has 0 fully saturated rings.